The molecule has 1 aromatic rings. The zero-order valence-corrected chi connectivity index (χ0v) is 6.98. The third-order valence-corrected chi connectivity index (χ3v) is 1.72. The number of benzene rings is 1. The van der Waals surface area contributed by atoms with Crippen molar-refractivity contribution in [3.05, 3.63) is 41.5 Å². The second-order valence-electron chi connectivity index (χ2n) is 2.65. The summed E-state index contributed by atoms with van der Waals surface area (Å²) >= 11 is 0. The molecule has 0 heterocycles. The Balaban J connectivity index is 3.28. The predicted molar refractivity (Wildman–Crippen MR) is 47.5 cm³/mol. The maximum absolute atomic E-state index is 13.1. The van der Waals surface area contributed by atoms with Gasteiger partial charge in [-0.25, -0.2) is 8.78 Å². The molecule has 0 fully saturated rings. The van der Waals surface area contributed by atoms with Gasteiger partial charge in [-0.15, -0.1) is 0 Å². The molecule has 13 heavy (non-hydrogen) atoms. The van der Waals surface area contributed by atoms with Crippen LogP contribution in [0.25, 0.3) is 5.70 Å². The second-order valence-corrected chi connectivity index (χ2v) is 2.65. The van der Waals surface area contributed by atoms with E-state index >= 15 is 0 Å². The Labute approximate surface area is 74.8 Å². The van der Waals surface area contributed by atoms with Gasteiger partial charge < -0.3 is 11.5 Å². The standard InChI is InChI=1S/C9H10F2N2/c1-5(13)6-2-8(10)7(4-12)9(11)3-6/h2-3H,1,4,12-13H2. The van der Waals surface area contributed by atoms with Crippen molar-refractivity contribution in [2.24, 2.45) is 11.5 Å². The van der Waals surface area contributed by atoms with E-state index in [-0.39, 0.29) is 23.4 Å². The average molecular weight is 184 g/mol. The van der Waals surface area contributed by atoms with Gasteiger partial charge in [-0.05, 0) is 12.1 Å². The zero-order chi connectivity index (χ0) is 10.0. The first kappa shape index (κ1) is 9.67. The summed E-state index contributed by atoms with van der Waals surface area (Å²) in [7, 11) is 0. The van der Waals surface area contributed by atoms with Crippen LogP contribution in [0.15, 0.2) is 18.7 Å². The Kier molecular flexibility index (Phi) is 2.63. The van der Waals surface area contributed by atoms with E-state index in [9.17, 15) is 8.78 Å². The van der Waals surface area contributed by atoms with Gasteiger partial charge in [0.2, 0.25) is 0 Å². The van der Waals surface area contributed by atoms with E-state index in [1.807, 2.05) is 0 Å². The molecule has 0 saturated heterocycles. The molecule has 70 valence electrons. The highest BCUT2D eigenvalue weighted by Crippen LogP contribution is 2.17. The molecule has 0 aliphatic heterocycles. The highest BCUT2D eigenvalue weighted by Gasteiger charge is 2.09. The monoisotopic (exact) mass is 184 g/mol. The van der Waals surface area contributed by atoms with Crippen molar-refractivity contribution in [2.45, 2.75) is 6.54 Å². The smallest absolute Gasteiger partial charge is 0.131 e. The Morgan fingerprint density at radius 1 is 1.31 bits per heavy atom. The molecule has 0 aromatic heterocycles. The first-order chi connectivity index (χ1) is 6.06. The highest BCUT2D eigenvalue weighted by molar-refractivity contribution is 5.60. The van der Waals surface area contributed by atoms with Crippen molar-refractivity contribution in [2.75, 3.05) is 0 Å². The molecule has 0 saturated carbocycles. The van der Waals surface area contributed by atoms with Crippen LogP contribution in [0.4, 0.5) is 8.78 Å². The Morgan fingerprint density at radius 2 is 1.77 bits per heavy atom. The van der Waals surface area contributed by atoms with Crippen LogP contribution in [-0.4, -0.2) is 0 Å². The van der Waals surface area contributed by atoms with Crippen LogP contribution in [-0.2, 0) is 6.54 Å². The fraction of sp³-hybridized carbons (Fsp3) is 0.111. The Morgan fingerprint density at radius 3 is 2.08 bits per heavy atom. The number of nitrogens with two attached hydrogens (primary N) is 2. The Bertz CT molecular complexity index is 324. The molecular weight excluding hydrogens is 174 g/mol. The van der Waals surface area contributed by atoms with E-state index < -0.39 is 11.6 Å². The van der Waals surface area contributed by atoms with Crippen molar-refractivity contribution in [1.82, 2.24) is 0 Å². The normalized spacial score (nSPS) is 10.1. The molecule has 0 bridgehead atoms. The molecule has 4 N–H and O–H groups in total. The maximum Gasteiger partial charge on any atom is 0.131 e. The third kappa shape index (κ3) is 1.84. The van der Waals surface area contributed by atoms with Crippen LogP contribution in [0.2, 0.25) is 0 Å². The summed E-state index contributed by atoms with van der Waals surface area (Å²) in [5.41, 5.74) is 10.7. The maximum atomic E-state index is 13.1. The minimum absolute atomic E-state index is 0.126. The van der Waals surface area contributed by atoms with Gasteiger partial charge in [0.15, 0.2) is 0 Å². The molecule has 4 heteroatoms. The SMILES string of the molecule is C=C(N)c1cc(F)c(CN)c(F)c1. The van der Waals surface area contributed by atoms with Gasteiger partial charge in [0.1, 0.15) is 11.6 Å². The first-order valence-corrected chi connectivity index (χ1v) is 3.69. The lowest BCUT2D eigenvalue weighted by atomic mass is 10.1. The van der Waals surface area contributed by atoms with Crippen LogP contribution >= 0.6 is 0 Å². The van der Waals surface area contributed by atoms with Crippen LogP contribution in [0.3, 0.4) is 0 Å². The third-order valence-electron chi connectivity index (χ3n) is 1.72. The summed E-state index contributed by atoms with van der Waals surface area (Å²) in [4.78, 5) is 0. The molecular formula is C9H10F2N2. The molecule has 0 aliphatic carbocycles. The molecule has 0 radical (unpaired) electrons. The van der Waals surface area contributed by atoms with Gasteiger partial charge >= 0.3 is 0 Å². The van der Waals surface area contributed by atoms with Crippen LogP contribution in [0.5, 0.6) is 0 Å². The summed E-state index contributed by atoms with van der Waals surface area (Å²) < 4.78 is 26.1. The van der Waals surface area contributed by atoms with Gasteiger partial charge in [-0.3, -0.25) is 0 Å². The Hall–Kier alpha value is -1.42. The minimum atomic E-state index is -0.691. The number of hydrogen-bond acceptors (Lipinski definition) is 2. The molecule has 0 atom stereocenters. The average Bonchev–Trinajstić information content (AvgIpc) is 2.03. The van der Waals surface area contributed by atoms with Crippen molar-refractivity contribution in [1.29, 1.82) is 0 Å². The van der Waals surface area contributed by atoms with Crippen LogP contribution in [0, 0.1) is 11.6 Å². The van der Waals surface area contributed by atoms with E-state index in [0.717, 1.165) is 12.1 Å². The van der Waals surface area contributed by atoms with E-state index in [0.29, 0.717) is 0 Å². The number of halogens is 2. The van der Waals surface area contributed by atoms with E-state index in [1.54, 1.807) is 0 Å². The largest absolute Gasteiger partial charge is 0.399 e. The molecule has 1 aromatic carbocycles. The molecule has 0 spiro atoms. The van der Waals surface area contributed by atoms with Gasteiger partial charge in [0, 0.05) is 23.4 Å². The summed E-state index contributed by atoms with van der Waals surface area (Å²) in [5.74, 6) is -1.38. The quantitative estimate of drug-likeness (QED) is 0.729. The van der Waals surface area contributed by atoms with Gasteiger partial charge in [-0.2, -0.15) is 0 Å². The second kappa shape index (κ2) is 3.53. The molecule has 0 unspecified atom stereocenters. The molecule has 0 aliphatic rings. The number of hydrogen-bond donors (Lipinski definition) is 2. The van der Waals surface area contributed by atoms with Crippen molar-refractivity contribution in [3.8, 4) is 0 Å². The van der Waals surface area contributed by atoms with Crippen molar-refractivity contribution < 1.29 is 8.78 Å². The lowest BCUT2D eigenvalue weighted by Crippen LogP contribution is -2.05. The molecule has 0 amide bonds. The first-order valence-electron chi connectivity index (χ1n) is 3.69. The summed E-state index contributed by atoms with van der Waals surface area (Å²) in [6, 6.07) is 2.24. The fourth-order valence-corrected chi connectivity index (χ4v) is 0.983. The molecule has 1 rings (SSSR count). The van der Waals surface area contributed by atoms with Crippen LogP contribution < -0.4 is 11.5 Å². The lowest BCUT2D eigenvalue weighted by Gasteiger charge is -2.05. The number of rotatable bonds is 2. The van der Waals surface area contributed by atoms with Crippen molar-refractivity contribution >= 4 is 5.70 Å². The van der Waals surface area contributed by atoms with E-state index in [2.05, 4.69) is 6.58 Å². The van der Waals surface area contributed by atoms with E-state index in [4.69, 9.17) is 11.5 Å². The van der Waals surface area contributed by atoms with Crippen LogP contribution in [0.1, 0.15) is 11.1 Å². The van der Waals surface area contributed by atoms with Gasteiger partial charge in [0.25, 0.3) is 0 Å². The lowest BCUT2D eigenvalue weighted by molar-refractivity contribution is 0.556. The molecule has 2 nitrogen and oxygen atoms in total. The minimum Gasteiger partial charge on any atom is -0.399 e. The fourth-order valence-electron chi connectivity index (χ4n) is 0.983. The van der Waals surface area contributed by atoms with Gasteiger partial charge in [-0.1, -0.05) is 6.58 Å². The predicted octanol–water partition coefficient (Wildman–Crippen LogP) is 1.35. The van der Waals surface area contributed by atoms with Crippen molar-refractivity contribution in [3.63, 3.8) is 0 Å². The highest BCUT2D eigenvalue weighted by atomic mass is 19.1. The summed E-state index contributed by atoms with van der Waals surface area (Å²) in [6.07, 6.45) is 0. The van der Waals surface area contributed by atoms with Gasteiger partial charge in [0.05, 0.1) is 0 Å². The summed E-state index contributed by atoms with van der Waals surface area (Å²) in [6.45, 7) is 3.20. The topological polar surface area (TPSA) is 52.0 Å². The summed E-state index contributed by atoms with van der Waals surface area (Å²) in [5, 5.41) is 0. The zero-order valence-electron chi connectivity index (χ0n) is 6.98. The van der Waals surface area contributed by atoms with E-state index in [1.165, 1.54) is 0 Å².